The summed E-state index contributed by atoms with van der Waals surface area (Å²) in [5, 5.41) is 2.87. The van der Waals surface area contributed by atoms with Crippen molar-refractivity contribution >= 4 is 6.03 Å². The number of ether oxygens (including phenoxy) is 1. The molecule has 2 rings (SSSR count). The average Bonchev–Trinajstić information content (AvgIpc) is 2.38. The Morgan fingerprint density at radius 1 is 1.45 bits per heavy atom. The van der Waals surface area contributed by atoms with Gasteiger partial charge >= 0.3 is 6.03 Å². The summed E-state index contributed by atoms with van der Waals surface area (Å²) in [6, 6.07) is 4.59. The molecule has 0 radical (unpaired) electrons. The van der Waals surface area contributed by atoms with Gasteiger partial charge in [0, 0.05) is 38.0 Å². The Labute approximate surface area is 118 Å². The third-order valence-electron chi connectivity index (χ3n) is 3.12. The van der Waals surface area contributed by atoms with Gasteiger partial charge in [-0.25, -0.2) is 4.79 Å². The lowest BCUT2D eigenvalue weighted by Crippen LogP contribution is -2.48. The first-order valence-electron chi connectivity index (χ1n) is 6.89. The highest BCUT2D eigenvalue weighted by atomic mass is 19.1. The van der Waals surface area contributed by atoms with Gasteiger partial charge in [0.25, 0.3) is 0 Å². The molecule has 1 aliphatic heterocycles. The van der Waals surface area contributed by atoms with E-state index < -0.39 is 5.95 Å². The van der Waals surface area contributed by atoms with E-state index in [-0.39, 0.29) is 18.2 Å². The van der Waals surface area contributed by atoms with Gasteiger partial charge in [-0.15, -0.1) is 0 Å². The molecular weight excluding hydrogens is 261 g/mol. The predicted octanol–water partition coefficient (Wildman–Crippen LogP) is 2.18. The Morgan fingerprint density at radius 2 is 2.15 bits per heavy atom. The molecule has 0 unspecified atom stereocenters. The lowest BCUT2D eigenvalue weighted by molar-refractivity contribution is 0.106. The van der Waals surface area contributed by atoms with Crippen molar-refractivity contribution in [3.63, 3.8) is 0 Å². The Morgan fingerprint density at radius 3 is 2.75 bits per heavy atom. The van der Waals surface area contributed by atoms with Crippen molar-refractivity contribution in [3.8, 4) is 5.88 Å². The molecule has 1 N–H and O–H groups in total. The highest BCUT2D eigenvalue weighted by Gasteiger charge is 2.24. The smallest absolute Gasteiger partial charge is 0.317 e. The standard InChI is InChI=1S/C14H20FN3O2/c1-10(2)16-14(19)18-8-6-11(7-9-18)20-13-5-3-4-12(15)17-13/h3-5,10-11H,6-9H2,1-2H3,(H,16,19). The van der Waals surface area contributed by atoms with E-state index in [0.717, 1.165) is 12.8 Å². The van der Waals surface area contributed by atoms with E-state index in [9.17, 15) is 9.18 Å². The summed E-state index contributed by atoms with van der Waals surface area (Å²) in [6.45, 7) is 5.14. The molecule has 1 fully saturated rings. The minimum Gasteiger partial charge on any atom is -0.474 e. The van der Waals surface area contributed by atoms with Crippen LogP contribution in [0.3, 0.4) is 0 Å². The Kier molecular flexibility index (Phi) is 4.76. The van der Waals surface area contributed by atoms with E-state index in [4.69, 9.17) is 4.74 Å². The monoisotopic (exact) mass is 281 g/mol. The van der Waals surface area contributed by atoms with Crippen molar-refractivity contribution < 1.29 is 13.9 Å². The number of halogens is 1. The maximum Gasteiger partial charge on any atom is 0.317 e. The Balaban J connectivity index is 1.81. The summed E-state index contributed by atoms with van der Waals surface area (Å²) in [4.78, 5) is 17.3. The summed E-state index contributed by atoms with van der Waals surface area (Å²) < 4.78 is 18.6. The average molecular weight is 281 g/mol. The fraction of sp³-hybridized carbons (Fsp3) is 0.571. The van der Waals surface area contributed by atoms with Gasteiger partial charge in [-0.3, -0.25) is 0 Å². The zero-order valence-electron chi connectivity index (χ0n) is 11.8. The summed E-state index contributed by atoms with van der Waals surface area (Å²) in [7, 11) is 0. The molecule has 20 heavy (non-hydrogen) atoms. The first kappa shape index (κ1) is 14.6. The molecule has 1 aromatic heterocycles. The van der Waals surface area contributed by atoms with Crippen LogP contribution in [0.1, 0.15) is 26.7 Å². The second-order valence-corrected chi connectivity index (χ2v) is 5.21. The zero-order chi connectivity index (χ0) is 14.5. The number of piperidine rings is 1. The van der Waals surface area contributed by atoms with Crippen LogP contribution in [-0.4, -0.2) is 41.2 Å². The van der Waals surface area contributed by atoms with Gasteiger partial charge in [0.2, 0.25) is 11.8 Å². The van der Waals surface area contributed by atoms with Gasteiger partial charge in [-0.05, 0) is 19.9 Å². The van der Waals surface area contributed by atoms with Crippen molar-refractivity contribution in [1.29, 1.82) is 0 Å². The molecular formula is C14H20FN3O2. The number of carbonyl (C=O) groups excluding carboxylic acids is 1. The number of nitrogens with one attached hydrogen (secondary N) is 1. The molecule has 110 valence electrons. The molecule has 0 spiro atoms. The second kappa shape index (κ2) is 6.54. The number of aromatic nitrogens is 1. The number of likely N-dealkylation sites (tertiary alicyclic amines) is 1. The number of rotatable bonds is 3. The van der Waals surface area contributed by atoms with Crippen LogP contribution >= 0.6 is 0 Å². The minimum absolute atomic E-state index is 0.0209. The molecule has 0 bridgehead atoms. The van der Waals surface area contributed by atoms with E-state index in [1.807, 2.05) is 13.8 Å². The van der Waals surface area contributed by atoms with Crippen LogP contribution < -0.4 is 10.1 Å². The maximum atomic E-state index is 13.0. The molecule has 1 aromatic rings. The number of hydrogen-bond donors (Lipinski definition) is 1. The fourth-order valence-electron chi connectivity index (χ4n) is 2.14. The van der Waals surface area contributed by atoms with Crippen LogP contribution in [0.15, 0.2) is 18.2 Å². The van der Waals surface area contributed by atoms with E-state index in [2.05, 4.69) is 10.3 Å². The quantitative estimate of drug-likeness (QED) is 0.864. The van der Waals surface area contributed by atoms with Gasteiger partial charge < -0.3 is 15.0 Å². The summed E-state index contributed by atoms with van der Waals surface area (Å²) >= 11 is 0. The van der Waals surface area contributed by atoms with E-state index >= 15 is 0 Å². The highest BCUT2D eigenvalue weighted by molar-refractivity contribution is 5.74. The van der Waals surface area contributed by atoms with Crippen molar-refractivity contribution in [2.75, 3.05) is 13.1 Å². The van der Waals surface area contributed by atoms with E-state index in [0.29, 0.717) is 19.0 Å². The Hall–Kier alpha value is -1.85. The molecule has 5 nitrogen and oxygen atoms in total. The molecule has 1 aliphatic rings. The van der Waals surface area contributed by atoms with Crippen molar-refractivity contribution in [2.45, 2.75) is 38.8 Å². The second-order valence-electron chi connectivity index (χ2n) is 5.21. The molecule has 6 heteroatoms. The van der Waals surface area contributed by atoms with Crippen LogP contribution in [0, 0.1) is 5.95 Å². The lowest BCUT2D eigenvalue weighted by Gasteiger charge is -2.32. The number of amides is 2. The van der Waals surface area contributed by atoms with Crippen LogP contribution in [-0.2, 0) is 0 Å². The Bertz CT molecular complexity index is 459. The molecule has 2 heterocycles. The summed E-state index contributed by atoms with van der Waals surface area (Å²) in [5.74, 6) is -0.244. The zero-order valence-corrected chi connectivity index (χ0v) is 11.8. The lowest BCUT2D eigenvalue weighted by atomic mass is 10.1. The van der Waals surface area contributed by atoms with Gasteiger partial charge in [0.05, 0.1) is 0 Å². The van der Waals surface area contributed by atoms with E-state index in [1.54, 1.807) is 17.0 Å². The van der Waals surface area contributed by atoms with Gasteiger partial charge in [-0.2, -0.15) is 9.37 Å². The predicted molar refractivity (Wildman–Crippen MR) is 73.1 cm³/mol. The number of pyridine rings is 1. The number of nitrogens with zero attached hydrogens (tertiary/aromatic N) is 2. The molecule has 0 saturated carbocycles. The largest absolute Gasteiger partial charge is 0.474 e. The fourth-order valence-corrected chi connectivity index (χ4v) is 2.14. The van der Waals surface area contributed by atoms with Crippen molar-refractivity contribution in [1.82, 2.24) is 15.2 Å². The van der Waals surface area contributed by atoms with Crippen molar-refractivity contribution in [2.24, 2.45) is 0 Å². The maximum absolute atomic E-state index is 13.0. The van der Waals surface area contributed by atoms with Crippen LogP contribution in [0.25, 0.3) is 0 Å². The van der Waals surface area contributed by atoms with Crippen molar-refractivity contribution in [3.05, 3.63) is 24.1 Å². The van der Waals surface area contributed by atoms with Gasteiger partial charge in [-0.1, -0.05) is 6.07 Å². The van der Waals surface area contributed by atoms with Crippen LogP contribution in [0.4, 0.5) is 9.18 Å². The first-order chi connectivity index (χ1) is 9.54. The first-order valence-corrected chi connectivity index (χ1v) is 6.89. The molecule has 0 atom stereocenters. The van der Waals surface area contributed by atoms with E-state index in [1.165, 1.54) is 6.07 Å². The molecule has 0 aliphatic carbocycles. The number of hydrogen-bond acceptors (Lipinski definition) is 3. The molecule has 2 amide bonds. The van der Waals surface area contributed by atoms with Crippen LogP contribution in [0.5, 0.6) is 5.88 Å². The normalized spacial score (nSPS) is 16.3. The van der Waals surface area contributed by atoms with Crippen LogP contribution in [0.2, 0.25) is 0 Å². The summed E-state index contributed by atoms with van der Waals surface area (Å²) in [6.07, 6.45) is 1.43. The third-order valence-corrected chi connectivity index (χ3v) is 3.12. The minimum atomic E-state index is -0.545. The van der Waals surface area contributed by atoms with Gasteiger partial charge in [0.15, 0.2) is 0 Å². The SMILES string of the molecule is CC(C)NC(=O)N1CCC(Oc2cccc(F)n2)CC1. The molecule has 0 aromatic carbocycles. The topological polar surface area (TPSA) is 54.5 Å². The molecule has 1 saturated heterocycles. The highest BCUT2D eigenvalue weighted by Crippen LogP contribution is 2.17. The third kappa shape index (κ3) is 4.08. The number of urea groups is 1. The summed E-state index contributed by atoms with van der Waals surface area (Å²) in [5.41, 5.74) is 0. The van der Waals surface area contributed by atoms with Gasteiger partial charge in [0.1, 0.15) is 6.10 Å². The number of carbonyl (C=O) groups is 1.